The Morgan fingerprint density at radius 3 is 2.27 bits per heavy atom. The van der Waals surface area contributed by atoms with Crippen molar-refractivity contribution in [3.63, 3.8) is 0 Å². The SMILES string of the molecule is CCCCCCCCCCNC(=O)CCOc1ccccc1. The minimum absolute atomic E-state index is 0.0823. The zero-order valence-electron chi connectivity index (χ0n) is 14.0. The molecule has 0 unspecified atom stereocenters. The highest BCUT2D eigenvalue weighted by Gasteiger charge is 2.01. The first kappa shape index (κ1) is 18.5. The van der Waals surface area contributed by atoms with Gasteiger partial charge in [-0.15, -0.1) is 0 Å². The zero-order valence-corrected chi connectivity index (χ0v) is 14.0. The largest absolute Gasteiger partial charge is 0.493 e. The molecule has 0 heterocycles. The van der Waals surface area contributed by atoms with Gasteiger partial charge in [-0.05, 0) is 18.6 Å². The number of rotatable bonds is 13. The van der Waals surface area contributed by atoms with Crippen molar-refractivity contribution in [1.82, 2.24) is 5.32 Å². The molecule has 1 aromatic carbocycles. The summed E-state index contributed by atoms with van der Waals surface area (Å²) in [5.74, 6) is 0.900. The van der Waals surface area contributed by atoms with Crippen LogP contribution in [0.5, 0.6) is 5.75 Å². The first-order chi connectivity index (χ1) is 10.8. The maximum absolute atomic E-state index is 11.6. The summed E-state index contributed by atoms with van der Waals surface area (Å²) >= 11 is 0. The molecule has 1 aromatic rings. The summed E-state index contributed by atoms with van der Waals surface area (Å²) in [5, 5.41) is 2.96. The number of carbonyl (C=O) groups is 1. The molecule has 1 amide bonds. The van der Waals surface area contributed by atoms with Gasteiger partial charge in [-0.1, -0.05) is 70.1 Å². The van der Waals surface area contributed by atoms with Gasteiger partial charge < -0.3 is 10.1 Å². The zero-order chi connectivity index (χ0) is 15.9. The molecule has 124 valence electrons. The fourth-order valence-corrected chi connectivity index (χ4v) is 2.35. The molecule has 3 nitrogen and oxygen atoms in total. The van der Waals surface area contributed by atoms with Crippen molar-refractivity contribution < 1.29 is 9.53 Å². The van der Waals surface area contributed by atoms with Gasteiger partial charge in [-0.25, -0.2) is 0 Å². The highest BCUT2D eigenvalue weighted by atomic mass is 16.5. The molecule has 1 rings (SSSR count). The van der Waals surface area contributed by atoms with Gasteiger partial charge >= 0.3 is 0 Å². The van der Waals surface area contributed by atoms with Crippen molar-refractivity contribution in [3.05, 3.63) is 30.3 Å². The first-order valence-electron chi connectivity index (χ1n) is 8.77. The summed E-state index contributed by atoms with van der Waals surface area (Å²) in [7, 11) is 0. The van der Waals surface area contributed by atoms with Gasteiger partial charge in [0.05, 0.1) is 13.0 Å². The Balaban J connectivity index is 1.87. The molecule has 0 saturated heterocycles. The lowest BCUT2D eigenvalue weighted by atomic mass is 10.1. The lowest BCUT2D eigenvalue weighted by molar-refractivity contribution is -0.121. The summed E-state index contributed by atoms with van der Waals surface area (Å²) in [6, 6.07) is 9.61. The lowest BCUT2D eigenvalue weighted by Crippen LogP contribution is -2.25. The quantitative estimate of drug-likeness (QED) is 0.536. The van der Waals surface area contributed by atoms with Crippen LogP contribution in [-0.4, -0.2) is 19.1 Å². The van der Waals surface area contributed by atoms with E-state index in [1.165, 1.54) is 44.9 Å². The number of hydrogen-bond acceptors (Lipinski definition) is 2. The third-order valence-electron chi connectivity index (χ3n) is 3.69. The molecule has 0 fully saturated rings. The Labute approximate surface area is 135 Å². The summed E-state index contributed by atoms with van der Waals surface area (Å²) < 4.78 is 5.51. The molecule has 0 aromatic heterocycles. The minimum atomic E-state index is 0.0823. The van der Waals surface area contributed by atoms with Gasteiger partial charge in [0.2, 0.25) is 5.91 Å². The average molecular weight is 305 g/mol. The van der Waals surface area contributed by atoms with Crippen LogP contribution in [0.4, 0.5) is 0 Å². The number of ether oxygens (including phenoxy) is 1. The van der Waals surface area contributed by atoms with E-state index in [2.05, 4.69) is 12.2 Å². The highest BCUT2D eigenvalue weighted by Crippen LogP contribution is 2.09. The van der Waals surface area contributed by atoms with Crippen LogP contribution in [0.3, 0.4) is 0 Å². The van der Waals surface area contributed by atoms with E-state index in [-0.39, 0.29) is 5.91 Å². The van der Waals surface area contributed by atoms with E-state index >= 15 is 0 Å². The van der Waals surface area contributed by atoms with Crippen LogP contribution in [0.1, 0.15) is 64.7 Å². The predicted molar refractivity (Wildman–Crippen MR) is 92.2 cm³/mol. The molecule has 0 bridgehead atoms. The standard InChI is InChI=1S/C19H31NO2/c1-2-3-4-5-6-7-8-12-16-20-19(21)15-17-22-18-13-10-9-11-14-18/h9-11,13-14H,2-8,12,15-17H2,1H3,(H,20,21). The van der Waals surface area contributed by atoms with Gasteiger partial charge in [0, 0.05) is 6.54 Å². The maximum Gasteiger partial charge on any atom is 0.223 e. The monoisotopic (exact) mass is 305 g/mol. The van der Waals surface area contributed by atoms with Gasteiger partial charge in [0.1, 0.15) is 5.75 Å². The fraction of sp³-hybridized carbons (Fsp3) is 0.632. The molecule has 0 aliphatic heterocycles. The number of para-hydroxylation sites is 1. The van der Waals surface area contributed by atoms with Crippen LogP contribution >= 0.6 is 0 Å². The molecular formula is C19H31NO2. The summed E-state index contributed by atoms with van der Waals surface area (Å²) in [6.07, 6.45) is 10.7. The number of carbonyl (C=O) groups excluding carboxylic acids is 1. The third kappa shape index (κ3) is 10.3. The fourth-order valence-electron chi connectivity index (χ4n) is 2.35. The molecule has 0 aliphatic carbocycles. The Kier molecular flexibility index (Phi) is 11.1. The minimum Gasteiger partial charge on any atom is -0.493 e. The normalized spacial score (nSPS) is 10.4. The maximum atomic E-state index is 11.6. The summed E-state index contributed by atoms with van der Waals surface area (Å²) in [6.45, 7) is 3.47. The first-order valence-corrected chi connectivity index (χ1v) is 8.77. The number of amides is 1. The molecule has 0 atom stereocenters. The molecule has 3 heteroatoms. The second-order valence-electron chi connectivity index (χ2n) is 5.74. The number of benzene rings is 1. The van der Waals surface area contributed by atoms with Gasteiger partial charge in [-0.3, -0.25) is 4.79 Å². The van der Waals surface area contributed by atoms with Crippen molar-refractivity contribution in [2.24, 2.45) is 0 Å². The topological polar surface area (TPSA) is 38.3 Å². The van der Waals surface area contributed by atoms with Crippen molar-refractivity contribution in [1.29, 1.82) is 0 Å². The third-order valence-corrected chi connectivity index (χ3v) is 3.69. The predicted octanol–water partition coefficient (Wildman–Crippen LogP) is 4.71. The number of nitrogens with one attached hydrogen (secondary N) is 1. The van der Waals surface area contributed by atoms with Gasteiger partial charge in [0.25, 0.3) is 0 Å². The van der Waals surface area contributed by atoms with Crippen LogP contribution in [0, 0.1) is 0 Å². The summed E-state index contributed by atoms with van der Waals surface area (Å²) in [5.41, 5.74) is 0. The Bertz CT molecular complexity index is 378. The summed E-state index contributed by atoms with van der Waals surface area (Å²) in [4.78, 5) is 11.6. The van der Waals surface area contributed by atoms with Gasteiger partial charge in [0.15, 0.2) is 0 Å². The molecule has 0 radical (unpaired) electrons. The van der Waals surface area contributed by atoms with E-state index in [0.717, 1.165) is 18.7 Å². The Morgan fingerprint density at radius 1 is 0.955 bits per heavy atom. The van der Waals surface area contributed by atoms with Crippen LogP contribution in [0.15, 0.2) is 30.3 Å². The molecule has 0 aliphatic rings. The van der Waals surface area contributed by atoms with E-state index in [1.807, 2.05) is 30.3 Å². The van der Waals surface area contributed by atoms with E-state index in [9.17, 15) is 4.79 Å². The van der Waals surface area contributed by atoms with Crippen molar-refractivity contribution in [3.8, 4) is 5.75 Å². The molecule has 0 spiro atoms. The van der Waals surface area contributed by atoms with Crippen LogP contribution < -0.4 is 10.1 Å². The van der Waals surface area contributed by atoms with Crippen molar-refractivity contribution >= 4 is 5.91 Å². The van der Waals surface area contributed by atoms with Crippen LogP contribution in [0.2, 0.25) is 0 Å². The number of hydrogen-bond donors (Lipinski definition) is 1. The van der Waals surface area contributed by atoms with Crippen molar-refractivity contribution in [2.75, 3.05) is 13.2 Å². The van der Waals surface area contributed by atoms with E-state index < -0.39 is 0 Å². The highest BCUT2D eigenvalue weighted by molar-refractivity contribution is 5.75. The lowest BCUT2D eigenvalue weighted by Gasteiger charge is -2.07. The van der Waals surface area contributed by atoms with Gasteiger partial charge in [-0.2, -0.15) is 0 Å². The van der Waals surface area contributed by atoms with E-state index in [1.54, 1.807) is 0 Å². The van der Waals surface area contributed by atoms with Crippen molar-refractivity contribution in [2.45, 2.75) is 64.7 Å². The molecule has 0 saturated carbocycles. The molecule has 1 N–H and O–H groups in total. The second-order valence-corrected chi connectivity index (χ2v) is 5.74. The second kappa shape index (κ2) is 13.2. The molecular weight excluding hydrogens is 274 g/mol. The Morgan fingerprint density at radius 2 is 1.59 bits per heavy atom. The van der Waals surface area contributed by atoms with Crippen LogP contribution in [0.25, 0.3) is 0 Å². The van der Waals surface area contributed by atoms with E-state index in [4.69, 9.17) is 4.74 Å². The van der Waals surface area contributed by atoms with E-state index in [0.29, 0.717) is 13.0 Å². The van der Waals surface area contributed by atoms with Crippen LogP contribution in [-0.2, 0) is 4.79 Å². The average Bonchev–Trinajstić information content (AvgIpc) is 2.54. The number of unbranched alkanes of at least 4 members (excludes halogenated alkanes) is 7. The smallest absolute Gasteiger partial charge is 0.223 e. The molecule has 22 heavy (non-hydrogen) atoms. The Hall–Kier alpha value is -1.51.